The highest BCUT2D eigenvalue weighted by Gasteiger charge is 2.55. The predicted molar refractivity (Wildman–Crippen MR) is 155 cm³/mol. The van der Waals surface area contributed by atoms with Crippen LogP contribution < -0.4 is 11.1 Å². The quantitative estimate of drug-likeness (QED) is 0.304. The van der Waals surface area contributed by atoms with Gasteiger partial charge in [-0.2, -0.15) is 0 Å². The maximum atomic E-state index is 14.3. The van der Waals surface area contributed by atoms with Crippen molar-refractivity contribution in [3.05, 3.63) is 70.2 Å². The number of nitrogens with zero attached hydrogens (tertiary/aromatic N) is 2. The van der Waals surface area contributed by atoms with Crippen LogP contribution in [0, 0.1) is 22.7 Å². The van der Waals surface area contributed by atoms with Crippen LogP contribution in [-0.2, 0) is 4.79 Å². The lowest BCUT2D eigenvalue weighted by Gasteiger charge is -2.47. The highest BCUT2D eigenvalue weighted by Crippen LogP contribution is 2.54. The first-order valence-corrected chi connectivity index (χ1v) is 14.3. The van der Waals surface area contributed by atoms with Crippen LogP contribution in [0.4, 0.5) is 0 Å². The molecule has 0 saturated heterocycles. The Bertz CT molecular complexity index is 1280. The van der Waals surface area contributed by atoms with Gasteiger partial charge in [-0.05, 0) is 85.6 Å². The van der Waals surface area contributed by atoms with Gasteiger partial charge in [-0.3, -0.25) is 20.0 Å². The van der Waals surface area contributed by atoms with Crippen LogP contribution in [-0.4, -0.2) is 40.5 Å². The molecule has 2 aliphatic carbocycles. The van der Waals surface area contributed by atoms with Gasteiger partial charge in [0, 0.05) is 16.1 Å². The molecule has 2 aromatic carbocycles. The number of rotatable bonds is 7. The monoisotopic (exact) mass is 547 g/mol. The molecule has 0 aromatic heterocycles. The standard InChI is InChI=1S/C31H38ClN5O2/c1-30(2,3)23-14-16-31(17-15-23)36-26(19-10-12-24(32)13-11-19)29(39)37(31)27(20-4-5-20)21-6-8-22(9-7-21)28(38)35-18-25(33)34/h6-13,20,23,27H,4-5,14-18H2,1-3H3,(H3,33,34)(H,35,38). The smallest absolute Gasteiger partial charge is 0.275 e. The number of aliphatic imine (C=N–C) groups is 1. The Balaban J connectivity index is 1.49. The zero-order valence-electron chi connectivity index (χ0n) is 23.0. The summed E-state index contributed by atoms with van der Waals surface area (Å²) in [5, 5.41) is 10.6. The van der Waals surface area contributed by atoms with Crippen LogP contribution in [0.5, 0.6) is 0 Å². The Morgan fingerprint density at radius 1 is 1.10 bits per heavy atom. The van der Waals surface area contributed by atoms with Crippen LogP contribution in [0.25, 0.3) is 0 Å². The molecule has 8 heteroatoms. The summed E-state index contributed by atoms with van der Waals surface area (Å²) < 4.78 is 0. The fraction of sp³-hybridized carbons (Fsp3) is 0.484. The van der Waals surface area contributed by atoms with Crippen molar-refractivity contribution >= 4 is 35.0 Å². The Hall–Kier alpha value is -3.19. The second-order valence-corrected chi connectivity index (χ2v) is 12.8. The molecule has 1 heterocycles. The topological polar surface area (TPSA) is 112 Å². The van der Waals surface area contributed by atoms with Crippen LogP contribution in [0.1, 0.15) is 86.8 Å². The van der Waals surface area contributed by atoms with E-state index < -0.39 is 5.66 Å². The number of nitrogens with one attached hydrogen (secondary N) is 2. The number of halogens is 1. The lowest BCUT2D eigenvalue weighted by Crippen LogP contribution is -2.52. The Morgan fingerprint density at radius 3 is 2.26 bits per heavy atom. The van der Waals surface area contributed by atoms with Gasteiger partial charge in [0.25, 0.3) is 11.8 Å². The molecule has 1 atom stereocenters. The number of hydrogen-bond donors (Lipinski definition) is 3. The Morgan fingerprint density at radius 2 is 1.72 bits per heavy atom. The average molecular weight is 548 g/mol. The fourth-order valence-corrected chi connectivity index (χ4v) is 6.37. The predicted octanol–water partition coefficient (Wildman–Crippen LogP) is 5.72. The Labute approximate surface area is 235 Å². The maximum absolute atomic E-state index is 14.3. The first-order valence-electron chi connectivity index (χ1n) is 13.9. The highest BCUT2D eigenvalue weighted by molar-refractivity contribution is 6.47. The van der Waals surface area contributed by atoms with Crippen molar-refractivity contribution in [1.29, 1.82) is 5.41 Å². The minimum Gasteiger partial charge on any atom is -0.386 e. The highest BCUT2D eigenvalue weighted by atomic mass is 35.5. The zero-order chi connectivity index (χ0) is 27.9. The van der Waals surface area contributed by atoms with Crippen molar-refractivity contribution in [3.8, 4) is 0 Å². The minimum absolute atomic E-state index is 0.0104. The molecule has 2 aromatic rings. The van der Waals surface area contributed by atoms with E-state index in [9.17, 15) is 9.59 Å². The summed E-state index contributed by atoms with van der Waals surface area (Å²) in [6, 6.07) is 14.8. The van der Waals surface area contributed by atoms with Crippen molar-refractivity contribution in [1.82, 2.24) is 10.2 Å². The van der Waals surface area contributed by atoms with Crippen LogP contribution in [0.15, 0.2) is 53.5 Å². The van der Waals surface area contributed by atoms with E-state index in [0.717, 1.165) is 49.7 Å². The normalized spacial score (nSPS) is 24.0. The maximum Gasteiger partial charge on any atom is 0.275 e. The molecular formula is C31H38ClN5O2. The van der Waals surface area contributed by atoms with Crippen LogP contribution in [0.2, 0.25) is 5.02 Å². The molecule has 0 bridgehead atoms. The van der Waals surface area contributed by atoms with Crippen LogP contribution in [0.3, 0.4) is 0 Å². The molecule has 5 rings (SSSR count). The number of amidine groups is 1. The summed E-state index contributed by atoms with van der Waals surface area (Å²) in [5.41, 5.74) is 7.87. The van der Waals surface area contributed by atoms with Gasteiger partial charge in [0.15, 0.2) is 0 Å². The molecule has 3 aliphatic rings. The molecule has 4 N–H and O–H groups in total. The summed E-state index contributed by atoms with van der Waals surface area (Å²) in [7, 11) is 0. The van der Waals surface area contributed by atoms with E-state index in [-0.39, 0.29) is 35.7 Å². The molecule has 1 spiro atoms. The first kappa shape index (κ1) is 27.4. The van der Waals surface area contributed by atoms with E-state index in [4.69, 9.17) is 27.7 Å². The second kappa shape index (κ2) is 10.4. The van der Waals surface area contributed by atoms with Crippen molar-refractivity contribution in [2.24, 2.45) is 28.0 Å². The van der Waals surface area contributed by atoms with Crippen molar-refractivity contribution in [2.75, 3.05) is 6.54 Å². The molecule has 1 unspecified atom stereocenters. The lowest BCUT2D eigenvalue weighted by atomic mass is 9.69. The van der Waals surface area contributed by atoms with Gasteiger partial charge >= 0.3 is 0 Å². The van der Waals surface area contributed by atoms with Crippen molar-refractivity contribution in [2.45, 2.75) is 71.0 Å². The van der Waals surface area contributed by atoms with E-state index in [1.165, 1.54) is 0 Å². The molecule has 2 amide bonds. The van der Waals surface area contributed by atoms with Gasteiger partial charge in [-0.15, -0.1) is 0 Å². The minimum atomic E-state index is -0.571. The van der Waals surface area contributed by atoms with Gasteiger partial charge in [0.1, 0.15) is 17.2 Å². The SMILES string of the molecule is CC(C)(C)C1CCC2(CC1)N=C(c1ccc(Cl)cc1)C(=O)N2C(c1ccc(C(=O)NCC(=N)N)cc1)C1CC1. The van der Waals surface area contributed by atoms with Gasteiger partial charge < -0.3 is 16.0 Å². The zero-order valence-corrected chi connectivity index (χ0v) is 23.7. The summed E-state index contributed by atoms with van der Waals surface area (Å²) >= 11 is 6.15. The molecule has 2 fully saturated rings. The second-order valence-electron chi connectivity index (χ2n) is 12.4. The Kier molecular flexibility index (Phi) is 7.31. The summed E-state index contributed by atoms with van der Waals surface area (Å²) in [6.07, 6.45) is 5.85. The fourth-order valence-electron chi connectivity index (χ4n) is 6.25. The molecule has 2 saturated carbocycles. The summed E-state index contributed by atoms with van der Waals surface area (Å²) in [5.74, 6) is 0.559. The van der Waals surface area contributed by atoms with E-state index in [1.807, 2.05) is 36.4 Å². The van der Waals surface area contributed by atoms with E-state index in [0.29, 0.717) is 28.1 Å². The number of carbonyl (C=O) groups is 2. The number of nitrogens with two attached hydrogens (primary N) is 1. The molecule has 206 valence electrons. The number of benzene rings is 2. The van der Waals surface area contributed by atoms with Gasteiger partial charge in [-0.1, -0.05) is 56.6 Å². The molecule has 39 heavy (non-hydrogen) atoms. The lowest BCUT2D eigenvalue weighted by molar-refractivity contribution is -0.134. The van der Waals surface area contributed by atoms with Gasteiger partial charge in [0.05, 0.1) is 12.6 Å². The number of amides is 2. The molecule has 1 aliphatic heterocycles. The summed E-state index contributed by atoms with van der Waals surface area (Å²) in [6.45, 7) is 6.92. The molecular weight excluding hydrogens is 510 g/mol. The first-order chi connectivity index (χ1) is 18.5. The van der Waals surface area contributed by atoms with E-state index >= 15 is 0 Å². The number of carbonyl (C=O) groups excluding carboxylic acids is 2. The van der Waals surface area contributed by atoms with Crippen molar-refractivity contribution < 1.29 is 9.59 Å². The third-order valence-electron chi connectivity index (χ3n) is 8.62. The third kappa shape index (κ3) is 5.60. The van der Waals surface area contributed by atoms with Gasteiger partial charge in [-0.25, -0.2) is 0 Å². The molecule has 7 nitrogen and oxygen atoms in total. The largest absolute Gasteiger partial charge is 0.386 e. The van der Waals surface area contributed by atoms with Crippen molar-refractivity contribution in [3.63, 3.8) is 0 Å². The summed E-state index contributed by atoms with van der Waals surface area (Å²) in [4.78, 5) is 34.1. The van der Waals surface area contributed by atoms with Crippen LogP contribution >= 0.6 is 11.6 Å². The average Bonchev–Trinajstić information content (AvgIpc) is 3.70. The molecule has 0 radical (unpaired) electrons. The van der Waals surface area contributed by atoms with E-state index in [1.54, 1.807) is 12.1 Å². The van der Waals surface area contributed by atoms with E-state index in [2.05, 4.69) is 31.0 Å². The number of hydrogen-bond acceptors (Lipinski definition) is 4. The third-order valence-corrected chi connectivity index (χ3v) is 8.87. The van der Waals surface area contributed by atoms with Gasteiger partial charge in [0.2, 0.25) is 0 Å².